The highest BCUT2D eigenvalue weighted by Gasteiger charge is 2.14. The van der Waals surface area contributed by atoms with Gasteiger partial charge in [-0.2, -0.15) is 5.26 Å². The molecule has 8 heteroatoms. The van der Waals surface area contributed by atoms with E-state index in [1.807, 2.05) is 6.07 Å². The number of carboxylic acids is 1. The third kappa shape index (κ3) is 6.16. The molecule has 0 fully saturated rings. The van der Waals surface area contributed by atoms with Gasteiger partial charge in [-0.25, -0.2) is 13.1 Å². The Kier molecular flexibility index (Phi) is 7.21. The third-order valence-electron chi connectivity index (χ3n) is 3.78. The van der Waals surface area contributed by atoms with Gasteiger partial charge in [0.25, 0.3) is 0 Å². The summed E-state index contributed by atoms with van der Waals surface area (Å²) in [5.41, 5.74) is 1.61. The van der Waals surface area contributed by atoms with Crippen molar-refractivity contribution in [1.29, 1.82) is 5.26 Å². The molecule has 0 spiro atoms. The van der Waals surface area contributed by atoms with Crippen LogP contribution in [0.15, 0.2) is 59.5 Å². The van der Waals surface area contributed by atoms with Crippen LogP contribution in [0.3, 0.4) is 0 Å². The fraction of sp³-hybridized carbons (Fsp3) is 0.150. The fourth-order valence-electron chi connectivity index (χ4n) is 2.26. The van der Waals surface area contributed by atoms with Crippen molar-refractivity contribution in [2.75, 3.05) is 6.54 Å². The first-order valence-corrected chi connectivity index (χ1v) is 9.84. The molecule has 28 heavy (non-hydrogen) atoms. The Morgan fingerprint density at radius 1 is 1.07 bits per heavy atom. The zero-order valence-electron chi connectivity index (χ0n) is 14.8. The molecule has 0 radical (unpaired) electrons. The highest BCUT2D eigenvalue weighted by Crippen LogP contribution is 2.13. The number of benzene rings is 2. The summed E-state index contributed by atoms with van der Waals surface area (Å²) in [6.45, 7) is 0.0165. The smallest absolute Gasteiger partial charge is 0.303 e. The minimum Gasteiger partial charge on any atom is -0.481 e. The molecule has 0 aromatic heterocycles. The lowest BCUT2D eigenvalue weighted by Crippen LogP contribution is -2.25. The number of carbonyl (C=O) groups excluding carboxylic acids is 1. The number of ketones is 1. The summed E-state index contributed by atoms with van der Waals surface area (Å²) in [6.07, 6.45) is 3.04. The summed E-state index contributed by atoms with van der Waals surface area (Å²) in [5, 5.41) is 17.3. The minimum atomic E-state index is -3.76. The second kappa shape index (κ2) is 9.60. The molecule has 2 aromatic carbocycles. The minimum absolute atomic E-state index is 0.00422. The molecular weight excluding hydrogens is 380 g/mol. The molecule has 0 aliphatic carbocycles. The van der Waals surface area contributed by atoms with E-state index in [1.165, 1.54) is 30.3 Å². The Bertz CT molecular complexity index is 1020. The molecule has 0 amide bonds. The van der Waals surface area contributed by atoms with E-state index < -0.39 is 16.0 Å². The molecule has 0 bridgehead atoms. The van der Waals surface area contributed by atoms with Crippen LogP contribution in [-0.4, -0.2) is 31.8 Å². The zero-order valence-corrected chi connectivity index (χ0v) is 15.6. The number of hydrogen-bond donors (Lipinski definition) is 2. The molecule has 7 nitrogen and oxygen atoms in total. The van der Waals surface area contributed by atoms with E-state index in [0.717, 1.165) is 5.56 Å². The summed E-state index contributed by atoms with van der Waals surface area (Å²) in [6, 6.07) is 14.2. The van der Waals surface area contributed by atoms with E-state index in [9.17, 15) is 18.0 Å². The lowest BCUT2D eigenvalue weighted by atomic mass is 10.1. The van der Waals surface area contributed by atoms with Crippen LogP contribution in [0.2, 0.25) is 0 Å². The Morgan fingerprint density at radius 2 is 1.71 bits per heavy atom. The number of nitrogens with zero attached hydrogens (tertiary/aromatic N) is 1. The Hall–Kier alpha value is -3.28. The molecule has 0 aliphatic rings. The van der Waals surface area contributed by atoms with Crippen molar-refractivity contribution in [3.63, 3.8) is 0 Å². The van der Waals surface area contributed by atoms with Crippen LogP contribution in [0.25, 0.3) is 6.08 Å². The van der Waals surface area contributed by atoms with Crippen molar-refractivity contribution in [1.82, 2.24) is 4.72 Å². The molecule has 0 heterocycles. The summed E-state index contributed by atoms with van der Waals surface area (Å²) >= 11 is 0. The number of allylic oxidation sites excluding steroid dienone is 1. The van der Waals surface area contributed by atoms with Crippen molar-refractivity contribution < 1.29 is 23.1 Å². The molecule has 144 valence electrons. The molecule has 2 rings (SSSR count). The van der Waals surface area contributed by atoms with Crippen LogP contribution in [0.1, 0.15) is 34.3 Å². The first kappa shape index (κ1) is 21.0. The van der Waals surface area contributed by atoms with E-state index in [0.29, 0.717) is 11.1 Å². The Labute approximate surface area is 163 Å². The number of aliphatic carboxylic acids is 1. The fourth-order valence-corrected chi connectivity index (χ4v) is 3.34. The highest BCUT2D eigenvalue weighted by molar-refractivity contribution is 7.89. The predicted molar refractivity (Wildman–Crippen MR) is 103 cm³/mol. The maximum absolute atomic E-state index is 12.2. The van der Waals surface area contributed by atoms with Crippen LogP contribution in [0, 0.1) is 11.3 Å². The number of nitrogens with one attached hydrogen (secondary N) is 1. The second-order valence-electron chi connectivity index (χ2n) is 5.85. The molecule has 2 N–H and O–H groups in total. The van der Waals surface area contributed by atoms with Crippen LogP contribution >= 0.6 is 0 Å². The van der Waals surface area contributed by atoms with Crippen molar-refractivity contribution in [3.05, 3.63) is 71.3 Å². The van der Waals surface area contributed by atoms with E-state index in [1.54, 1.807) is 30.3 Å². The number of sulfonamides is 1. The van der Waals surface area contributed by atoms with Gasteiger partial charge in [0.05, 0.1) is 16.5 Å². The molecular formula is C20H18N2O5S. The van der Waals surface area contributed by atoms with Gasteiger partial charge in [0, 0.05) is 18.5 Å². The first-order valence-electron chi connectivity index (χ1n) is 8.36. The summed E-state index contributed by atoms with van der Waals surface area (Å²) in [4.78, 5) is 22.7. The summed E-state index contributed by atoms with van der Waals surface area (Å²) in [5.74, 6) is -1.28. The topological polar surface area (TPSA) is 124 Å². The van der Waals surface area contributed by atoms with Gasteiger partial charge in [0.2, 0.25) is 10.0 Å². The lowest BCUT2D eigenvalue weighted by Gasteiger charge is -2.06. The number of hydrogen-bond acceptors (Lipinski definition) is 5. The molecule has 0 unspecified atom stereocenters. The van der Waals surface area contributed by atoms with Gasteiger partial charge < -0.3 is 5.11 Å². The molecule has 0 atom stereocenters. The van der Waals surface area contributed by atoms with Crippen molar-refractivity contribution in [3.8, 4) is 6.07 Å². The SMILES string of the molecule is N#Cc1ccc(C=CC(=O)c2ccc(S(=O)(=O)NCCCC(=O)O)cc2)cc1. The standard InChI is InChI=1S/C20H18N2O5S/c21-14-16-5-3-15(4-6-16)7-12-19(23)17-8-10-18(11-9-17)28(26,27)22-13-1-2-20(24)25/h3-12,22H,1-2,13H2,(H,24,25). The summed E-state index contributed by atoms with van der Waals surface area (Å²) < 4.78 is 26.6. The molecule has 2 aromatic rings. The van der Waals surface area contributed by atoms with Crippen LogP contribution < -0.4 is 4.72 Å². The molecule has 0 saturated heterocycles. The van der Waals surface area contributed by atoms with Crippen LogP contribution in [0.5, 0.6) is 0 Å². The van der Waals surface area contributed by atoms with Gasteiger partial charge in [0.1, 0.15) is 0 Å². The van der Waals surface area contributed by atoms with E-state index >= 15 is 0 Å². The lowest BCUT2D eigenvalue weighted by molar-refractivity contribution is -0.137. The number of carbonyl (C=O) groups is 2. The van der Waals surface area contributed by atoms with Crippen molar-refractivity contribution in [2.45, 2.75) is 17.7 Å². The van der Waals surface area contributed by atoms with Gasteiger partial charge >= 0.3 is 5.97 Å². The number of rotatable bonds is 9. The Morgan fingerprint density at radius 3 is 2.29 bits per heavy atom. The van der Waals surface area contributed by atoms with Gasteiger partial charge in [-0.15, -0.1) is 0 Å². The molecule has 0 aliphatic heterocycles. The van der Waals surface area contributed by atoms with Crippen LogP contribution in [-0.2, 0) is 14.8 Å². The molecule has 0 saturated carbocycles. The first-order chi connectivity index (χ1) is 13.3. The van der Waals surface area contributed by atoms with Gasteiger partial charge in [-0.05, 0) is 54.5 Å². The van der Waals surface area contributed by atoms with Gasteiger partial charge in [-0.3, -0.25) is 9.59 Å². The normalized spacial score (nSPS) is 11.2. The van der Waals surface area contributed by atoms with E-state index in [-0.39, 0.29) is 30.1 Å². The second-order valence-corrected chi connectivity index (χ2v) is 7.62. The number of nitriles is 1. The van der Waals surface area contributed by atoms with Crippen molar-refractivity contribution in [2.24, 2.45) is 0 Å². The highest BCUT2D eigenvalue weighted by atomic mass is 32.2. The van der Waals surface area contributed by atoms with Crippen LogP contribution in [0.4, 0.5) is 0 Å². The summed E-state index contributed by atoms with van der Waals surface area (Å²) in [7, 11) is -3.76. The Balaban J connectivity index is 2.00. The van der Waals surface area contributed by atoms with Gasteiger partial charge in [0.15, 0.2) is 5.78 Å². The number of carboxylic acid groups (broad SMARTS) is 1. The van der Waals surface area contributed by atoms with Gasteiger partial charge in [-0.1, -0.05) is 18.2 Å². The van der Waals surface area contributed by atoms with Crippen molar-refractivity contribution >= 4 is 27.9 Å². The third-order valence-corrected chi connectivity index (χ3v) is 5.25. The maximum Gasteiger partial charge on any atom is 0.303 e. The quantitative estimate of drug-likeness (QED) is 0.380. The maximum atomic E-state index is 12.2. The monoisotopic (exact) mass is 398 g/mol. The predicted octanol–water partition coefficient (Wildman–Crippen LogP) is 2.60. The average Bonchev–Trinajstić information content (AvgIpc) is 2.70. The average molecular weight is 398 g/mol. The van der Waals surface area contributed by atoms with E-state index in [2.05, 4.69) is 4.72 Å². The zero-order chi connectivity index (χ0) is 20.6. The van der Waals surface area contributed by atoms with E-state index in [4.69, 9.17) is 10.4 Å². The largest absolute Gasteiger partial charge is 0.481 e.